The van der Waals surface area contributed by atoms with Crippen LogP contribution in [0.25, 0.3) is 10.2 Å². The molecule has 0 aliphatic carbocycles. The van der Waals surface area contributed by atoms with Gasteiger partial charge in [-0.15, -0.1) is 11.3 Å². The highest BCUT2D eigenvalue weighted by atomic mass is 35.5. The highest BCUT2D eigenvalue weighted by molar-refractivity contribution is 7.89. The van der Waals surface area contributed by atoms with Crippen LogP contribution in [-0.4, -0.2) is 71.8 Å². The molecule has 41 heavy (non-hydrogen) atoms. The summed E-state index contributed by atoms with van der Waals surface area (Å²) in [6.45, 7) is 6.41. The maximum absolute atomic E-state index is 13.4. The first-order valence-corrected chi connectivity index (χ1v) is 16.1. The van der Waals surface area contributed by atoms with Crippen molar-refractivity contribution >= 4 is 54.7 Å². The molecule has 10 nitrogen and oxygen atoms in total. The second kappa shape index (κ2) is 11.3. The van der Waals surface area contributed by atoms with Crippen molar-refractivity contribution in [2.45, 2.75) is 31.2 Å². The van der Waals surface area contributed by atoms with E-state index in [4.69, 9.17) is 21.6 Å². The highest BCUT2D eigenvalue weighted by Crippen LogP contribution is 2.39. The number of hydrogen-bond acceptors (Lipinski definition) is 9. The van der Waals surface area contributed by atoms with E-state index in [1.807, 2.05) is 18.2 Å². The lowest BCUT2D eigenvalue weighted by Crippen LogP contribution is -2.49. The molecule has 0 radical (unpaired) electrons. The van der Waals surface area contributed by atoms with Crippen molar-refractivity contribution in [2.24, 2.45) is 0 Å². The van der Waals surface area contributed by atoms with Gasteiger partial charge in [0.2, 0.25) is 10.0 Å². The number of halogens is 1. The first-order chi connectivity index (χ1) is 19.7. The van der Waals surface area contributed by atoms with Crippen molar-refractivity contribution in [3.8, 4) is 0 Å². The largest absolute Gasteiger partial charge is 0.353 e. The van der Waals surface area contributed by atoms with Gasteiger partial charge in [0, 0.05) is 56.6 Å². The maximum atomic E-state index is 13.4. The van der Waals surface area contributed by atoms with E-state index in [0.29, 0.717) is 19.5 Å². The minimum atomic E-state index is -3.94. The molecule has 214 valence electrons. The van der Waals surface area contributed by atoms with Crippen LogP contribution in [0.1, 0.15) is 28.8 Å². The lowest BCUT2D eigenvalue weighted by atomic mass is 10.0. The van der Waals surface area contributed by atoms with Gasteiger partial charge in [0.1, 0.15) is 21.5 Å². The average molecular weight is 613 g/mol. The number of sulfonamides is 1. The SMILES string of the molecule is CCN1CCc2c(sc3nc(Cc4ccccc4)nc(N4CCN(S(=O)(=O)c5ccc(Cl)c([N+](=O)[O-])c5)CC4)c23)C1. The molecule has 0 saturated carbocycles. The van der Waals surface area contributed by atoms with Gasteiger partial charge in [0.05, 0.1) is 15.2 Å². The minimum Gasteiger partial charge on any atom is -0.353 e. The smallest absolute Gasteiger partial charge is 0.289 e. The Morgan fingerprint density at radius 1 is 1.05 bits per heavy atom. The number of benzene rings is 2. The van der Waals surface area contributed by atoms with Gasteiger partial charge in [-0.1, -0.05) is 48.9 Å². The summed E-state index contributed by atoms with van der Waals surface area (Å²) >= 11 is 7.65. The molecule has 1 saturated heterocycles. The van der Waals surface area contributed by atoms with Crippen molar-refractivity contribution in [3.63, 3.8) is 0 Å². The number of hydrogen-bond donors (Lipinski definition) is 0. The molecule has 6 rings (SSSR count). The summed E-state index contributed by atoms with van der Waals surface area (Å²) in [7, 11) is -3.94. The molecule has 2 aliphatic heterocycles. The third-order valence-corrected chi connectivity index (χ3v) is 11.1. The number of nitro groups is 1. The Hall–Kier alpha value is -3.16. The molecule has 0 unspecified atom stereocenters. The Morgan fingerprint density at radius 3 is 2.51 bits per heavy atom. The van der Waals surface area contributed by atoms with Gasteiger partial charge in [-0.3, -0.25) is 15.0 Å². The predicted octanol–water partition coefficient (Wildman–Crippen LogP) is 4.73. The van der Waals surface area contributed by atoms with Crippen LogP contribution in [0.5, 0.6) is 0 Å². The molecule has 0 atom stereocenters. The van der Waals surface area contributed by atoms with Crippen LogP contribution < -0.4 is 4.90 Å². The summed E-state index contributed by atoms with van der Waals surface area (Å²) in [6, 6.07) is 13.7. The minimum absolute atomic E-state index is 0.0981. The van der Waals surface area contributed by atoms with Gasteiger partial charge in [-0.05, 0) is 36.2 Å². The summed E-state index contributed by atoms with van der Waals surface area (Å²) in [4.78, 5) is 27.5. The van der Waals surface area contributed by atoms with E-state index in [1.165, 1.54) is 26.9 Å². The quantitative estimate of drug-likeness (QED) is 0.217. The molecular weight excluding hydrogens is 584 g/mol. The zero-order valence-corrected chi connectivity index (χ0v) is 24.9. The van der Waals surface area contributed by atoms with Crippen molar-refractivity contribution < 1.29 is 13.3 Å². The van der Waals surface area contributed by atoms with Crippen LogP contribution in [0.15, 0.2) is 53.4 Å². The van der Waals surface area contributed by atoms with Gasteiger partial charge in [-0.25, -0.2) is 18.4 Å². The third-order valence-electron chi connectivity index (χ3n) is 7.75. The summed E-state index contributed by atoms with van der Waals surface area (Å²) in [5, 5.41) is 12.3. The number of nitrogens with zero attached hydrogens (tertiary/aromatic N) is 6. The van der Waals surface area contributed by atoms with Gasteiger partial charge in [0.25, 0.3) is 5.69 Å². The number of likely N-dealkylation sites (N-methyl/N-ethyl adjacent to an activating group) is 1. The number of fused-ring (bicyclic) bond motifs is 3. The topological polar surface area (TPSA) is 113 Å². The van der Waals surface area contributed by atoms with Crippen LogP contribution >= 0.6 is 22.9 Å². The van der Waals surface area contributed by atoms with Crippen molar-refractivity contribution in [2.75, 3.05) is 44.2 Å². The van der Waals surface area contributed by atoms with E-state index in [2.05, 4.69) is 28.9 Å². The Morgan fingerprint density at radius 2 is 1.80 bits per heavy atom. The van der Waals surface area contributed by atoms with Crippen LogP contribution in [0.2, 0.25) is 5.02 Å². The van der Waals surface area contributed by atoms with E-state index >= 15 is 0 Å². The number of thiophene rings is 1. The van der Waals surface area contributed by atoms with E-state index in [0.717, 1.165) is 59.5 Å². The number of piperazine rings is 1. The molecule has 1 fully saturated rings. The molecule has 0 N–H and O–H groups in total. The standard InChI is InChI=1S/C28H29ClN6O4S2/c1-2-32-11-10-21-24(18-32)40-28-26(21)27(30-25(31-28)16-19-6-4-3-5-7-19)33-12-14-34(15-13-33)41(38,39)20-8-9-22(29)23(17-20)35(36)37/h3-9,17H,2,10-16,18H2,1H3. The van der Waals surface area contributed by atoms with Crippen LogP contribution in [0, 0.1) is 10.1 Å². The predicted molar refractivity (Wildman–Crippen MR) is 160 cm³/mol. The van der Waals surface area contributed by atoms with Crippen LogP contribution in [-0.2, 0) is 29.4 Å². The summed E-state index contributed by atoms with van der Waals surface area (Å²) < 4.78 is 28.2. The van der Waals surface area contributed by atoms with Crippen LogP contribution in [0.4, 0.5) is 11.5 Å². The van der Waals surface area contributed by atoms with Crippen LogP contribution in [0.3, 0.4) is 0 Å². The molecular formula is C28H29ClN6O4S2. The second-order valence-corrected chi connectivity index (χ2v) is 13.6. The van der Waals surface area contributed by atoms with Crippen molar-refractivity contribution in [1.82, 2.24) is 19.2 Å². The Balaban J connectivity index is 1.31. The number of aromatic nitrogens is 2. The maximum Gasteiger partial charge on any atom is 0.289 e. The molecule has 4 heterocycles. The first kappa shape index (κ1) is 28.0. The third kappa shape index (κ3) is 5.42. The van der Waals surface area contributed by atoms with Gasteiger partial charge in [0.15, 0.2) is 0 Å². The highest BCUT2D eigenvalue weighted by Gasteiger charge is 2.33. The Labute approximate surface area is 247 Å². The van der Waals surface area contributed by atoms with Gasteiger partial charge < -0.3 is 4.90 Å². The number of nitro benzene ring substituents is 1. The molecule has 0 amide bonds. The fraction of sp³-hybridized carbons (Fsp3) is 0.357. The molecule has 2 aromatic carbocycles. The first-order valence-electron chi connectivity index (χ1n) is 13.5. The lowest BCUT2D eigenvalue weighted by Gasteiger charge is -2.35. The molecule has 0 spiro atoms. The molecule has 4 aromatic rings. The zero-order valence-electron chi connectivity index (χ0n) is 22.5. The van der Waals surface area contributed by atoms with Gasteiger partial charge >= 0.3 is 0 Å². The fourth-order valence-electron chi connectivity index (χ4n) is 5.51. The lowest BCUT2D eigenvalue weighted by molar-refractivity contribution is -0.384. The average Bonchev–Trinajstić information content (AvgIpc) is 3.34. The monoisotopic (exact) mass is 612 g/mol. The van der Waals surface area contributed by atoms with E-state index in [9.17, 15) is 18.5 Å². The Bertz CT molecular complexity index is 1720. The number of rotatable bonds is 7. The summed E-state index contributed by atoms with van der Waals surface area (Å²) in [6.07, 6.45) is 1.54. The molecule has 13 heteroatoms. The molecule has 2 aliphatic rings. The van der Waals surface area contributed by atoms with Gasteiger partial charge in [-0.2, -0.15) is 4.31 Å². The van der Waals surface area contributed by atoms with Crippen molar-refractivity contribution in [1.29, 1.82) is 0 Å². The second-order valence-electron chi connectivity index (χ2n) is 10.2. The van der Waals surface area contributed by atoms with E-state index in [1.54, 1.807) is 11.3 Å². The summed E-state index contributed by atoms with van der Waals surface area (Å²) in [5.74, 6) is 1.61. The van der Waals surface area contributed by atoms with E-state index < -0.39 is 20.6 Å². The normalized spacial score (nSPS) is 16.7. The molecule has 2 aromatic heterocycles. The fourth-order valence-corrected chi connectivity index (χ4v) is 8.41. The zero-order chi connectivity index (χ0) is 28.7. The van der Waals surface area contributed by atoms with E-state index in [-0.39, 0.29) is 23.0 Å². The number of anilines is 1. The summed E-state index contributed by atoms with van der Waals surface area (Å²) in [5.41, 5.74) is 2.01. The van der Waals surface area contributed by atoms with Crippen molar-refractivity contribution in [3.05, 3.63) is 85.5 Å². The molecule has 0 bridgehead atoms. The Kier molecular flexibility index (Phi) is 7.68.